The summed E-state index contributed by atoms with van der Waals surface area (Å²) < 4.78 is 19.0. The van der Waals surface area contributed by atoms with E-state index in [1.165, 1.54) is 10.4 Å². The Bertz CT molecular complexity index is 1290. The van der Waals surface area contributed by atoms with Crippen molar-refractivity contribution >= 4 is 78.7 Å². The Morgan fingerprint density at radius 3 is 0.941 bits per heavy atom. The third-order valence-electron chi connectivity index (χ3n) is 8.63. The van der Waals surface area contributed by atoms with Gasteiger partial charge in [-0.25, -0.2) is 0 Å². The lowest BCUT2D eigenvalue weighted by atomic mass is 10.4. The van der Waals surface area contributed by atoms with Crippen LogP contribution < -0.4 is 10.4 Å². The van der Waals surface area contributed by atoms with Gasteiger partial charge in [0.1, 0.15) is 0 Å². The molecule has 0 saturated heterocycles. The number of halogens is 1. The lowest BCUT2D eigenvalue weighted by Gasteiger charge is -2.35. The van der Waals surface area contributed by atoms with Gasteiger partial charge in [-0.05, 0) is 74.8 Å². The molecule has 0 aliphatic heterocycles. The molecule has 0 N–H and O–H groups in total. The fourth-order valence-electron chi connectivity index (χ4n) is 4.23. The van der Waals surface area contributed by atoms with Gasteiger partial charge in [0.15, 0.2) is 24.0 Å². The molecule has 2 aromatic rings. The van der Waals surface area contributed by atoms with Crippen molar-refractivity contribution in [3.8, 4) is 0 Å². The average molecular weight is 832 g/mol. The van der Waals surface area contributed by atoms with Crippen LogP contribution in [0.2, 0.25) is 77.6 Å². The second-order valence-corrected chi connectivity index (χ2v) is 44.8. The molecule has 0 heterocycles. The fraction of sp³-hybridized carbons (Fsp3) is 0.350. The van der Waals surface area contributed by atoms with E-state index < -0.39 is 57.3 Å². The zero-order valence-corrected chi connectivity index (χ0v) is 42.0. The minimum absolute atomic E-state index is 1.10. The van der Waals surface area contributed by atoms with Gasteiger partial charge >= 0.3 is 0 Å². The fourth-order valence-corrected chi connectivity index (χ4v) is 24.3. The van der Waals surface area contributed by atoms with E-state index in [1.54, 1.807) is 0 Å². The highest BCUT2D eigenvalue weighted by Gasteiger charge is 2.39. The average Bonchev–Trinajstić information content (AvgIpc) is 3.12. The summed E-state index contributed by atoms with van der Waals surface area (Å²) in [6.45, 7) is 52.8. The van der Waals surface area contributed by atoms with Gasteiger partial charge < -0.3 is 12.3 Å². The Morgan fingerprint density at radius 1 is 0.451 bits per heavy atom. The van der Waals surface area contributed by atoms with Crippen LogP contribution in [0.5, 0.6) is 0 Å². The van der Waals surface area contributed by atoms with Crippen molar-refractivity contribution in [1.29, 1.82) is 0 Å². The Balaban J connectivity index is 0. The van der Waals surface area contributed by atoms with Crippen molar-refractivity contribution in [2.75, 3.05) is 0 Å². The van der Waals surface area contributed by atoms with Crippen molar-refractivity contribution in [2.45, 2.75) is 91.4 Å². The summed E-state index contributed by atoms with van der Waals surface area (Å²) in [4.78, 5) is 0. The van der Waals surface area contributed by atoms with Crippen LogP contribution in [-0.2, 0) is 12.3 Å². The van der Waals surface area contributed by atoms with E-state index in [2.05, 4.69) is 161 Å². The predicted octanol–water partition coefficient (Wildman–Crippen LogP) is 12.1. The van der Waals surface area contributed by atoms with E-state index in [1.807, 2.05) is 65.1 Å². The summed E-state index contributed by atoms with van der Waals surface area (Å²) in [6.07, 6.45) is 0. The molecule has 2 rings (SSSR count). The molecule has 0 bridgehead atoms. The maximum Gasteiger partial charge on any atom is 0.234 e. The molecule has 0 aromatic heterocycles. The SMILES string of the molecule is C=C[Si](C)(C)Cl.C=C[Si](C)(C)O[Si](C)(C)C=C.C=C[Si](C)(CC)O[Si](C)(C=C)CC.C=C[Si](C)(O[Si](C)(C=C)c1ccccc1)c1ccccc1. The molecule has 2 aromatic carbocycles. The van der Waals surface area contributed by atoms with Crippen LogP contribution in [0.3, 0.4) is 0 Å². The number of rotatable bonds is 17. The lowest BCUT2D eigenvalue weighted by molar-refractivity contribution is 0.554. The molecule has 0 saturated carbocycles. The summed E-state index contributed by atoms with van der Waals surface area (Å²) >= 11 is 5.74. The van der Waals surface area contributed by atoms with E-state index in [9.17, 15) is 0 Å². The minimum Gasteiger partial charge on any atom is -0.449 e. The van der Waals surface area contributed by atoms with E-state index in [0.29, 0.717) is 0 Å². The monoisotopic (exact) mass is 830 g/mol. The second-order valence-electron chi connectivity index (χ2n) is 14.8. The molecule has 0 aliphatic rings. The van der Waals surface area contributed by atoms with E-state index in [-0.39, 0.29) is 0 Å². The quantitative estimate of drug-likeness (QED) is 0.117. The van der Waals surface area contributed by atoms with Gasteiger partial charge in [0.2, 0.25) is 33.3 Å². The largest absolute Gasteiger partial charge is 0.449 e. The zero-order valence-electron chi connectivity index (χ0n) is 34.3. The standard InChI is InChI=1S/C18H22OSi2.C10H22OSi2.C8H18OSi2.C4H9ClSi/c1-5-20(3,17-13-9-7-10-14-17)19-21(4,6-2)18-15-11-8-12-16-18;1-7-12(5,8-2)11-13(6,9-3)10-4;1-7-10(3,4)9-11(5,6)8-2;1-4-6(2,3)5/h5-16H,1-2H2,3-4H3;7,9H,1,3,8,10H2,2,4-6H3;7-8H,1-2H2,3-6H3;4H,1H2,2-3H3. The molecule has 0 amide bonds. The Hall–Kier alpha value is -1.69. The highest BCUT2D eigenvalue weighted by molar-refractivity contribution is 7.21. The van der Waals surface area contributed by atoms with Gasteiger partial charge in [-0.15, -0.1) is 46.1 Å². The molecule has 0 spiro atoms. The van der Waals surface area contributed by atoms with E-state index in [0.717, 1.165) is 12.1 Å². The van der Waals surface area contributed by atoms with Crippen LogP contribution in [-0.4, -0.2) is 57.3 Å². The Morgan fingerprint density at radius 2 is 0.745 bits per heavy atom. The highest BCUT2D eigenvalue weighted by Crippen LogP contribution is 2.22. The highest BCUT2D eigenvalue weighted by atomic mass is 35.6. The van der Waals surface area contributed by atoms with Gasteiger partial charge in [0, 0.05) is 0 Å². The normalized spacial score (nSPS) is 15.9. The van der Waals surface area contributed by atoms with Gasteiger partial charge in [-0.2, -0.15) is 11.1 Å². The molecular formula is C40H71ClO3Si7. The van der Waals surface area contributed by atoms with Crippen LogP contribution in [0.15, 0.2) is 147 Å². The van der Waals surface area contributed by atoms with Crippen LogP contribution in [0, 0.1) is 0 Å². The van der Waals surface area contributed by atoms with Crippen LogP contribution >= 0.6 is 11.1 Å². The molecule has 11 heteroatoms. The van der Waals surface area contributed by atoms with Gasteiger partial charge in [0.05, 0.1) is 0 Å². The van der Waals surface area contributed by atoms with Gasteiger partial charge in [-0.3, -0.25) is 0 Å². The van der Waals surface area contributed by atoms with Gasteiger partial charge in [-0.1, -0.05) is 128 Å². The maximum absolute atomic E-state index is 6.74. The first-order valence-corrected chi connectivity index (χ1v) is 38.2. The Labute approximate surface area is 327 Å². The summed E-state index contributed by atoms with van der Waals surface area (Å²) in [7, 11) is -12.2. The number of hydrogen-bond acceptors (Lipinski definition) is 3. The van der Waals surface area contributed by atoms with E-state index in [4.69, 9.17) is 23.4 Å². The molecule has 4 unspecified atom stereocenters. The first kappa shape index (κ1) is 51.4. The number of benzene rings is 2. The minimum atomic E-state index is -2.18. The molecule has 284 valence electrons. The van der Waals surface area contributed by atoms with Crippen molar-refractivity contribution in [3.05, 3.63) is 147 Å². The van der Waals surface area contributed by atoms with Crippen molar-refractivity contribution in [2.24, 2.45) is 0 Å². The maximum atomic E-state index is 6.74. The predicted molar refractivity (Wildman–Crippen MR) is 253 cm³/mol. The van der Waals surface area contributed by atoms with Crippen LogP contribution in [0.4, 0.5) is 0 Å². The molecule has 3 nitrogen and oxygen atoms in total. The summed E-state index contributed by atoms with van der Waals surface area (Å²) in [5, 5.41) is 2.49. The first-order chi connectivity index (χ1) is 23.4. The molecule has 0 fully saturated rings. The summed E-state index contributed by atoms with van der Waals surface area (Å²) in [5.41, 5.74) is 13.9. The summed E-state index contributed by atoms with van der Waals surface area (Å²) in [6, 6.07) is 23.0. The topological polar surface area (TPSA) is 27.7 Å². The van der Waals surface area contributed by atoms with Crippen LogP contribution in [0.1, 0.15) is 13.8 Å². The molecule has 0 aliphatic carbocycles. The van der Waals surface area contributed by atoms with Crippen molar-refractivity contribution < 1.29 is 12.3 Å². The van der Waals surface area contributed by atoms with E-state index >= 15 is 0 Å². The molecule has 4 atom stereocenters. The second kappa shape index (κ2) is 23.2. The van der Waals surface area contributed by atoms with Crippen molar-refractivity contribution in [3.63, 3.8) is 0 Å². The van der Waals surface area contributed by atoms with Gasteiger partial charge in [0.25, 0.3) is 0 Å². The number of hydrogen-bond donors (Lipinski definition) is 0. The first-order valence-electron chi connectivity index (χ1n) is 17.7. The van der Waals surface area contributed by atoms with Crippen molar-refractivity contribution in [1.82, 2.24) is 0 Å². The molecule has 0 radical (unpaired) electrons. The zero-order chi connectivity index (χ0) is 40.2. The third kappa shape index (κ3) is 20.4. The molecular weight excluding hydrogens is 760 g/mol. The lowest BCUT2D eigenvalue weighted by Crippen LogP contribution is -2.59. The van der Waals surface area contributed by atoms with Crippen LogP contribution in [0.25, 0.3) is 0 Å². The smallest absolute Gasteiger partial charge is 0.234 e. The Kier molecular flexibility index (Phi) is 23.4. The molecule has 51 heavy (non-hydrogen) atoms. The third-order valence-corrected chi connectivity index (χ3v) is 32.4. The summed E-state index contributed by atoms with van der Waals surface area (Å²) in [5.74, 6) is 0.